The minimum absolute atomic E-state index is 0.217. The van der Waals surface area contributed by atoms with Crippen molar-refractivity contribution in [2.45, 2.75) is 32.1 Å². The number of fused-ring (bicyclic) bond motifs is 1. The van der Waals surface area contributed by atoms with Crippen molar-refractivity contribution in [3.63, 3.8) is 0 Å². The first-order chi connectivity index (χ1) is 11.2. The Morgan fingerprint density at radius 2 is 1.65 bits per heavy atom. The Morgan fingerprint density at radius 1 is 1.00 bits per heavy atom. The van der Waals surface area contributed by atoms with E-state index in [0.717, 1.165) is 31.6 Å². The van der Waals surface area contributed by atoms with Crippen molar-refractivity contribution < 1.29 is 4.79 Å². The molecule has 1 saturated heterocycles. The highest BCUT2D eigenvalue weighted by molar-refractivity contribution is 5.78. The lowest BCUT2D eigenvalue weighted by Gasteiger charge is -2.39. The molecular weight excluding hydrogens is 284 g/mol. The van der Waals surface area contributed by atoms with E-state index in [-0.39, 0.29) is 5.91 Å². The Morgan fingerprint density at radius 3 is 2.26 bits per heavy atom. The first kappa shape index (κ1) is 14.4. The van der Waals surface area contributed by atoms with Crippen molar-refractivity contribution in [3.8, 4) is 0 Å². The average Bonchev–Trinajstić information content (AvgIpc) is 2.94. The number of carbonyl (C=O) groups excluding carboxylic acids is 1. The third-order valence-corrected chi connectivity index (χ3v) is 5.48. The van der Waals surface area contributed by atoms with Gasteiger partial charge in [0.05, 0.1) is 6.42 Å². The third-order valence-electron chi connectivity index (χ3n) is 5.48. The van der Waals surface area contributed by atoms with Crippen LogP contribution in [-0.4, -0.2) is 28.9 Å². The van der Waals surface area contributed by atoms with E-state index in [9.17, 15) is 4.79 Å². The smallest absolute Gasteiger partial charge is 0.228 e. The van der Waals surface area contributed by atoms with Gasteiger partial charge in [-0.15, -0.1) is 0 Å². The van der Waals surface area contributed by atoms with Crippen molar-refractivity contribution in [1.29, 1.82) is 0 Å². The largest absolute Gasteiger partial charge is 0.342 e. The first-order valence-electron chi connectivity index (χ1n) is 8.49. The molecule has 1 spiro atoms. The number of carbonyl (C=O) groups is 1. The number of benzene rings is 1. The van der Waals surface area contributed by atoms with Crippen LogP contribution in [0.5, 0.6) is 0 Å². The topological polar surface area (TPSA) is 33.2 Å². The van der Waals surface area contributed by atoms with E-state index in [1.807, 2.05) is 23.1 Å². The number of likely N-dealkylation sites (tertiary alicyclic amines) is 1. The summed E-state index contributed by atoms with van der Waals surface area (Å²) in [5.41, 5.74) is 4.29. The van der Waals surface area contributed by atoms with Crippen LogP contribution in [0.1, 0.15) is 29.7 Å². The van der Waals surface area contributed by atoms with Crippen molar-refractivity contribution in [3.05, 3.63) is 65.5 Å². The van der Waals surface area contributed by atoms with Crippen molar-refractivity contribution in [2.24, 2.45) is 5.41 Å². The second-order valence-electron chi connectivity index (χ2n) is 7.00. The van der Waals surface area contributed by atoms with Gasteiger partial charge in [-0.05, 0) is 54.4 Å². The standard InChI is InChI=1S/C20H22N2O/c23-19(13-18-7-3-4-10-21-18)22-11-8-20(9-12-22)14-16-5-1-2-6-17(16)15-20/h1-7,10H,8-9,11-15H2. The molecule has 0 saturated carbocycles. The zero-order valence-electron chi connectivity index (χ0n) is 13.4. The zero-order chi connectivity index (χ0) is 15.7. The van der Waals surface area contributed by atoms with Gasteiger partial charge in [0.15, 0.2) is 0 Å². The Labute approximate surface area is 137 Å². The lowest BCUT2D eigenvalue weighted by Crippen LogP contribution is -2.44. The van der Waals surface area contributed by atoms with E-state index in [2.05, 4.69) is 29.2 Å². The summed E-state index contributed by atoms with van der Waals surface area (Å²) >= 11 is 0. The Kier molecular flexibility index (Phi) is 3.64. The minimum Gasteiger partial charge on any atom is -0.342 e. The Balaban J connectivity index is 1.37. The molecule has 118 valence electrons. The maximum Gasteiger partial charge on any atom is 0.228 e. The highest BCUT2D eigenvalue weighted by Crippen LogP contribution is 2.44. The summed E-state index contributed by atoms with van der Waals surface area (Å²) in [5.74, 6) is 0.217. The van der Waals surface area contributed by atoms with Crippen LogP contribution in [-0.2, 0) is 24.1 Å². The van der Waals surface area contributed by atoms with E-state index in [1.54, 1.807) is 6.20 Å². The fourth-order valence-corrected chi connectivity index (χ4v) is 4.13. The SMILES string of the molecule is O=C(Cc1ccccn1)N1CCC2(CC1)Cc1ccccc1C2. The lowest BCUT2D eigenvalue weighted by molar-refractivity contribution is -0.132. The number of amides is 1. The van der Waals surface area contributed by atoms with Gasteiger partial charge in [0.1, 0.15) is 0 Å². The molecule has 0 unspecified atom stereocenters. The molecule has 0 radical (unpaired) electrons. The van der Waals surface area contributed by atoms with Gasteiger partial charge >= 0.3 is 0 Å². The van der Waals surface area contributed by atoms with Crippen LogP contribution in [0, 0.1) is 5.41 Å². The first-order valence-corrected chi connectivity index (χ1v) is 8.49. The summed E-state index contributed by atoms with van der Waals surface area (Å²) in [6.07, 6.45) is 6.79. The summed E-state index contributed by atoms with van der Waals surface area (Å²) < 4.78 is 0. The number of hydrogen-bond acceptors (Lipinski definition) is 2. The molecule has 1 fully saturated rings. The molecule has 4 rings (SSSR count). The number of pyridine rings is 1. The van der Waals surface area contributed by atoms with Gasteiger partial charge in [-0.1, -0.05) is 30.3 Å². The number of aromatic nitrogens is 1. The molecule has 0 N–H and O–H groups in total. The summed E-state index contributed by atoms with van der Waals surface area (Å²) in [7, 11) is 0. The maximum atomic E-state index is 12.5. The van der Waals surface area contributed by atoms with Gasteiger partial charge in [-0.3, -0.25) is 9.78 Å². The van der Waals surface area contributed by atoms with E-state index in [0.29, 0.717) is 11.8 Å². The zero-order valence-corrected chi connectivity index (χ0v) is 13.4. The summed E-state index contributed by atoms with van der Waals surface area (Å²) in [6, 6.07) is 14.6. The average molecular weight is 306 g/mol. The minimum atomic E-state index is 0.217. The molecule has 2 aliphatic rings. The number of rotatable bonds is 2. The van der Waals surface area contributed by atoms with E-state index >= 15 is 0 Å². The predicted molar refractivity (Wildman–Crippen MR) is 90.0 cm³/mol. The van der Waals surface area contributed by atoms with Gasteiger partial charge < -0.3 is 4.90 Å². The highest BCUT2D eigenvalue weighted by atomic mass is 16.2. The lowest BCUT2D eigenvalue weighted by atomic mass is 9.76. The molecule has 1 amide bonds. The van der Waals surface area contributed by atoms with Crippen molar-refractivity contribution >= 4 is 5.91 Å². The molecule has 3 nitrogen and oxygen atoms in total. The van der Waals surface area contributed by atoms with Crippen LogP contribution >= 0.6 is 0 Å². The van der Waals surface area contributed by atoms with Crippen LogP contribution in [0.15, 0.2) is 48.7 Å². The van der Waals surface area contributed by atoms with E-state index in [1.165, 1.54) is 24.0 Å². The van der Waals surface area contributed by atoms with Crippen LogP contribution in [0.4, 0.5) is 0 Å². The molecule has 2 aromatic rings. The quantitative estimate of drug-likeness (QED) is 0.854. The van der Waals surface area contributed by atoms with Crippen molar-refractivity contribution in [1.82, 2.24) is 9.88 Å². The van der Waals surface area contributed by atoms with Crippen molar-refractivity contribution in [2.75, 3.05) is 13.1 Å². The van der Waals surface area contributed by atoms with Gasteiger partial charge in [-0.2, -0.15) is 0 Å². The summed E-state index contributed by atoms with van der Waals surface area (Å²) in [4.78, 5) is 18.8. The molecule has 1 aromatic heterocycles. The molecular formula is C20H22N2O. The number of hydrogen-bond donors (Lipinski definition) is 0. The van der Waals surface area contributed by atoms with Crippen LogP contribution < -0.4 is 0 Å². The van der Waals surface area contributed by atoms with E-state index < -0.39 is 0 Å². The third kappa shape index (κ3) is 2.88. The Hall–Kier alpha value is -2.16. The maximum absolute atomic E-state index is 12.5. The molecule has 23 heavy (non-hydrogen) atoms. The van der Waals surface area contributed by atoms with Gasteiger partial charge in [0.2, 0.25) is 5.91 Å². The van der Waals surface area contributed by atoms with Gasteiger partial charge in [-0.25, -0.2) is 0 Å². The fourth-order valence-electron chi connectivity index (χ4n) is 4.13. The molecule has 1 aromatic carbocycles. The molecule has 0 bridgehead atoms. The van der Waals surface area contributed by atoms with Crippen LogP contribution in [0.2, 0.25) is 0 Å². The van der Waals surface area contributed by atoms with Crippen LogP contribution in [0.3, 0.4) is 0 Å². The fraction of sp³-hybridized carbons (Fsp3) is 0.400. The summed E-state index contributed by atoms with van der Waals surface area (Å²) in [5, 5.41) is 0. The molecule has 3 heteroatoms. The summed E-state index contributed by atoms with van der Waals surface area (Å²) in [6.45, 7) is 1.78. The van der Waals surface area contributed by atoms with E-state index in [4.69, 9.17) is 0 Å². The predicted octanol–water partition coefficient (Wildman–Crippen LogP) is 3.03. The molecule has 2 heterocycles. The normalized spacial score (nSPS) is 18.9. The van der Waals surface area contributed by atoms with Gasteiger partial charge in [0, 0.05) is 25.0 Å². The number of piperidine rings is 1. The second kappa shape index (κ2) is 5.80. The highest BCUT2D eigenvalue weighted by Gasteiger charge is 2.40. The van der Waals surface area contributed by atoms with Gasteiger partial charge in [0.25, 0.3) is 0 Å². The monoisotopic (exact) mass is 306 g/mol. The Bertz CT molecular complexity index is 676. The second-order valence-corrected chi connectivity index (χ2v) is 7.00. The molecule has 0 atom stereocenters. The molecule has 1 aliphatic carbocycles. The molecule has 1 aliphatic heterocycles. The number of nitrogens with zero attached hydrogens (tertiary/aromatic N) is 2. The van der Waals surface area contributed by atoms with Crippen LogP contribution in [0.25, 0.3) is 0 Å².